The van der Waals surface area contributed by atoms with Crippen molar-refractivity contribution in [1.82, 2.24) is 0 Å². The van der Waals surface area contributed by atoms with Gasteiger partial charge in [-0.2, -0.15) is 4.99 Å². The van der Waals surface area contributed by atoms with E-state index in [0.717, 1.165) is 0 Å². The fourth-order valence-corrected chi connectivity index (χ4v) is 4.74. The van der Waals surface area contributed by atoms with Crippen molar-refractivity contribution in [3.8, 4) is 0 Å². The van der Waals surface area contributed by atoms with E-state index in [9.17, 15) is 18.3 Å². The Kier molecular flexibility index (Phi) is 2.92. The molecule has 0 aromatic heterocycles. The Morgan fingerprint density at radius 1 is 1.29 bits per heavy atom. The number of rotatable bonds is 2. The molecule has 6 heteroatoms. The Labute approximate surface area is 101 Å². The molecule has 1 saturated heterocycles. The number of hydrogen-bond acceptors (Lipinski definition) is 5. The zero-order valence-corrected chi connectivity index (χ0v) is 10.7. The first-order chi connectivity index (χ1) is 7.79. The number of hydrogen-bond donors (Lipinski definition) is 1. The Bertz CT molecular complexity index is 440. The maximum atomic E-state index is 11.4. The van der Waals surface area contributed by atoms with Crippen molar-refractivity contribution < 1.29 is 18.3 Å². The van der Waals surface area contributed by atoms with Crippen LogP contribution in [0.2, 0.25) is 0 Å². The van der Waals surface area contributed by atoms with E-state index in [4.69, 9.17) is 0 Å². The van der Waals surface area contributed by atoms with Crippen LogP contribution >= 0.6 is 0 Å². The van der Waals surface area contributed by atoms with E-state index in [1.54, 1.807) is 13.0 Å². The predicted octanol–water partition coefficient (Wildman–Crippen LogP) is 0.431. The highest BCUT2D eigenvalue weighted by molar-refractivity contribution is 7.91. The van der Waals surface area contributed by atoms with E-state index >= 15 is 0 Å². The van der Waals surface area contributed by atoms with Crippen molar-refractivity contribution in [1.29, 1.82) is 0 Å². The molecule has 0 spiro atoms. The first-order valence-electron chi connectivity index (χ1n) is 5.81. The lowest BCUT2D eigenvalue weighted by molar-refractivity contribution is -0.0922. The fraction of sp³-hybridized carbons (Fsp3) is 0.909. The van der Waals surface area contributed by atoms with Gasteiger partial charge in [-0.3, -0.25) is 0 Å². The number of aliphatic hydroxyl groups is 1. The highest BCUT2D eigenvalue weighted by atomic mass is 32.2. The second kappa shape index (κ2) is 3.90. The SMILES string of the molecule is CC1(O)CC(N=C=O)(C2CCS(=O)(=O)CC2)C1. The number of isocyanates is 1. The van der Waals surface area contributed by atoms with Gasteiger partial charge in [0.1, 0.15) is 9.84 Å². The summed E-state index contributed by atoms with van der Waals surface area (Å²) in [5, 5.41) is 9.80. The minimum atomic E-state index is -2.91. The van der Waals surface area contributed by atoms with E-state index in [-0.39, 0.29) is 17.4 Å². The molecule has 2 aliphatic rings. The number of nitrogens with zero attached hydrogens (tertiary/aromatic N) is 1. The van der Waals surface area contributed by atoms with Crippen LogP contribution in [0.3, 0.4) is 0 Å². The van der Waals surface area contributed by atoms with Gasteiger partial charge in [-0.1, -0.05) is 0 Å². The van der Waals surface area contributed by atoms with Crippen LogP contribution in [0.15, 0.2) is 4.99 Å². The summed E-state index contributed by atoms with van der Waals surface area (Å²) >= 11 is 0. The monoisotopic (exact) mass is 259 g/mol. The molecule has 1 aliphatic heterocycles. The summed E-state index contributed by atoms with van der Waals surface area (Å²) in [6.45, 7) is 1.71. The number of aliphatic imine (C=N–C) groups is 1. The second-order valence-electron chi connectivity index (χ2n) is 5.58. The lowest BCUT2D eigenvalue weighted by Crippen LogP contribution is -2.59. The molecule has 0 unspecified atom stereocenters. The maximum Gasteiger partial charge on any atom is 0.235 e. The fourth-order valence-electron chi connectivity index (χ4n) is 3.24. The molecule has 1 aliphatic carbocycles. The van der Waals surface area contributed by atoms with Crippen LogP contribution in [-0.2, 0) is 14.6 Å². The largest absolute Gasteiger partial charge is 0.390 e. The molecule has 0 aromatic carbocycles. The van der Waals surface area contributed by atoms with Crippen molar-refractivity contribution in [2.24, 2.45) is 10.9 Å². The third-order valence-corrected chi connectivity index (χ3v) is 5.67. The standard InChI is InChI=1S/C11H17NO4S/c1-10(14)6-11(7-10,12-8-13)9-2-4-17(15,16)5-3-9/h9,14H,2-7H2,1H3. The average Bonchev–Trinajstić information content (AvgIpc) is 2.14. The topological polar surface area (TPSA) is 83.8 Å². The molecule has 0 aromatic rings. The molecule has 5 nitrogen and oxygen atoms in total. The summed E-state index contributed by atoms with van der Waals surface area (Å²) in [4.78, 5) is 14.4. The molecule has 96 valence electrons. The Balaban J connectivity index is 2.13. The number of sulfone groups is 1. The summed E-state index contributed by atoms with van der Waals surface area (Å²) in [5.41, 5.74) is -1.35. The van der Waals surface area contributed by atoms with Crippen LogP contribution in [0.5, 0.6) is 0 Å². The molecule has 2 rings (SSSR count). The van der Waals surface area contributed by atoms with Gasteiger partial charge in [-0.25, -0.2) is 13.2 Å². The Morgan fingerprint density at radius 3 is 2.24 bits per heavy atom. The van der Waals surface area contributed by atoms with Gasteiger partial charge >= 0.3 is 0 Å². The molecule has 2 fully saturated rings. The van der Waals surface area contributed by atoms with Gasteiger partial charge in [0.25, 0.3) is 0 Å². The second-order valence-corrected chi connectivity index (χ2v) is 7.89. The molecule has 1 heterocycles. The Morgan fingerprint density at radius 2 is 1.82 bits per heavy atom. The van der Waals surface area contributed by atoms with Crippen LogP contribution in [0.25, 0.3) is 0 Å². The van der Waals surface area contributed by atoms with Gasteiger partial charge in [0, 0.05) is 12.8 Å². The van der Waals surface area contributed by atoms with Crippen molar-refractivity contribution in [2.75, 3.05) is 11.5 Å². The van der Waals surface area contributed by atoms with Crippen LogP contribution < -0.4 is 0 Å². The summed E-state index contributed by atoms with van der Waals surface area (Å²) in [6.07, 6.45) is 3.50. The van der Waals surface area contributed by atoms with Gasteiger partial charge < -0.3 is 5.11 Å². The van der Waals surface area contributed by atoms with Gasteiger partial charge in [-0.15, -0.1) is 0 Å². The zero-order valence-electron chi connectivity index (χ0n) is 9.85. The molecular weight excluding hydrogens is 242 g/mol. The Hall–Kier alpha value is -0.710. The summed E-state index contributed by atoms with van der Waals surface area (Å²) in [5.74, 6) is 0.402. The third kappa shape index (κ3) is 2.44. The van der Waals surface area contributed by atoms with Crippen molar-refractivity contribution >= 4 is 15.9 Å². The molecular formula is C11H17NO4S. The molecule has 0 amide bonds. The maximum absolute atomic E-state index is 11.4. The smallest absolute Gasteiger partial charge is 0.235 e. The van der Waals surface area contributed by atoms with Crippen LogP contribution in [0.4, 0.5) is 0 Å². The van der Waals surface area contributed by atoms with Crippen LogP contribution in [0.1, 0.15) is 32.6 Å². The van der Waals surface area contributed by atoms with Crippen molar-refractivity contribution in [3.05, 3.63) is 0 Å². The molecule has 0 atom stereocenters. The highest BCUT2D eigenvalue weighted by Gasteiger charge is 2.56. The van der Waals surface area contributed by atoms with E-state index in [1.165, 1.54) is 0 Å². The van der Waals surface area contributed by atoms with Gasteiger partial charge in [0.15, 0.2) is 0 Å². The first kappa shape index (κ1) is 12.7. The van der Waals surface area contributed by atoms with E-state index in [0.29, 0.717) is 25.7 Å². The van der Waals surface area contributed by atoms with Gasteiger partial charge in [0.05, 0.1) is 22.6 Å². The highest BCUT2D eigenvalue weighted by Crippen LogP contribution is 2.51. The summed E-state index contributed by atoms with van der Waals surface area (Å²) in [6, 6.07) is 0. The minimum absolute atomic E-state index is 0.0766. The van der Waals surface area contributed by atoms with Crippen molar-refractivity contribution in [2.45, 2.75) is 43.7 Å². The average molecular weight is 259 g/mol. The quantitative estimate of drug-likeness (QED) is 0.576. The normalized spacial score (nSPS) is 41.3. The molecule has 1 N–H and O–H groups in total. The third-order valence-electron chi connectivity index (χ3n) is 3.96. The molecule has 0 radical (unpaired) electrons. The summed E-state index contributed by atoms with van der Waals surface area (Å²) in [7, 11) is -2.91. The zero-order chi connectivity index (χ0) is 12.7. The van der Waals surface area contributed by atoms with Gasteiger partial charge in [0.2, 0.25) is 6.08 Å². The van der Waals surface area contributed by atoms with Gasteiger partial charge in [-0.05, 0) is 25.7 Å². The van der Waals surface area contributed by atoms with E-state index in [1.807, 2.05) is 0 Å². The molecule has 17 heavy (non-hydrogen) atoms. The number of carbonyl (C=O) groups excluding carboxylic acids is 1. The molecule has 0 bridgehead atoms. The van der Waals surface area contributed by atoms with Crippen LogP contribution in [-0.4, -0.2) is 42.2 Å². The molecule has 1 saturated carbocycles. The van der Waals surface area contributed by atoms with Crippen LogP contribution in [0, 0.1) is 5.92 Å². The predicted molar refractivity (Wildman–Crippen MR) is 62.1 cm³/mol. The first-order valence-corrected chi connectivity index (χ1v) is 7.63. The van der Waals surface area contributed by atoms with Crippen molar-refractivity contribution in [3.63, 3.8) is 0 Å². The minimum Gasteiger partial charge on any atom is -0.390 e. The van der Waals surface area contributed by atoms with E-state index in [2.05, 4.69) is 4.99 Å². The summed E-state index contributed by atoms with van der Waals surface area (Å²) < 4.78 is 22.7. The van der Waals surface area contributed by atoms with E-state index < -0.39 is 21.0 Å². The lowest BCUT2D eigenvalue weighted by Gasteiger charge is -2.53. The lowest BCUT2D eigenvalue weighted by atomic mass is 9.59.